The maximum Gasteiger partial charge on any atom is 0.238 e. The number of benzene rings is 2. The van der Waals surface area contributed by atoms with E-state index in [4.69, 9.17) is 21.3 Å². The lowest BCUT2D eigenvalue weighted by Crippen LogP contribution is -2.54. The minimum Gasteiger partial charge on any atom is -0.497 e. The Hall–Kier alpha value is -3.95. The second-order valence-corrected chi connectivity index (χ2v) is 10.1. The second kappa shape index (κ2) is 12.3. The van der Waals surface area contributed by atoms with Crippen LogP contribution in [0.25, 0.3) is 5.95 Å². The first-order valence-corrected chi connectivity index (χ1v) is 13.3. The van der Waals surface area contributed by atoms with Crippen LogP contribution in [0.4, 0.5) is 5.82 Å². The van der Waals surface area contributed by atoms with Crippen molar-refractivity contribution in [3.8, 4) is 11.7 Å². The van der Waals surface area contributed by atoms with Gasteiger partial charge in [-0.25, -0.2) is 9.97 Å². The summed E-state index contributed by atoms with van der Waals surface area (Å²) in [5, 5.41) is 3.43. The molecule has 1 amide bonds. The quantitative estimate of drug-likeness (QED) is 0.318. The van der Waals surface area contributed by atoms with Gasteiger partial charge in [0.05, 0.1) is 13.2 Å². The zero-order chi connectivity index (χ0) is 27.2. The van der Waals surface area contributed by atoms with Crippen LogP contribution in [0.15, 0.2) is 73.3 Å². The minimum absolute atomic E-state index is 0.00754. The SMILES string of the molecule is COc1ccc(CN2CCN(c3cc(Cl)nc(-n4ccnc4)n3)C(CC(=O)NCc3ccc(C)cc3)C2)cc1. The molecular formula is C29H32ClN7O2. The van der Waals surface area contributed by atoms with E-state index in [-0.39, 0.29) is 11.9 Å². The number of hydrogen-bond acceptors (Lipinski definition) is 7. The summed E-state index contributed by atoms with van der Waals surface area (Å²) in [7, 11) is 1.67. The van der Waals surface area contributed by atoms with Crippen molar-refractivity contribution in [2.24, 2.45) is 0 Å². The van der Waals surface area contributed by atoms with Crippen molar-refractivity contribution >= 4 is 23.3 Å². The fraction of sp³-hybridized carbons (Fsp3) is 0.310. The Morgan fingerprint density at radius 1 is 1.08 bits per heavy atom. The van der Waals surface area contributed by atoms with Crippen LogP contribution in [0, 0.1) is 6.92 Å². The molecule has 39 heavy (non-hydrogen) atoms. The van der Waals surface area contributed by atoms with E-state index < -0.39 is 0 Å². The van der Waals surface area contributed by atoms with Crippen LogP contribution in [0.3, 0.4) is 0 Å². The Morgan fingerprint density at radius 2 is 1.85 bits per heavy atom. The molecule has 1 unspecified atom stereocenters. The lowest BCUT2D eigenvalue weighted by atomic mass is 10.1. The van der Waals surface area contributed by atoms with E-state index in [9.17, 15) is 4.79 Å². The molecule has 4 aromatic rings. The van der Waals surface area contributed by atoms with Crippen molar-refractivity contribution in [2.75, 3.05) is 31.6 Å². The molecule has 1 aliphatic heterocycles. The molecule has 1 N–H and O–H groups in total. The van der Waals surface area contributed by atoms with Gasteiger partial charge in [0.2, 0.25) is 11.9 Å². The maximum absolute atomic E-state index is 13.1. The predicted molar refractivity (Wildman–Crippen MR) is 151 cm³/mol. The summed E-state index contributed by atoms with van der Waals surface area (Å²) in [6.45, 7) is 5.54. The Kier molecular flexibility index (Phi) is 8.39. The van der Waals surface area contributed by atoms with E-state index in [1.54, 1.807) is 36.5 Å². The topological polar surface area (TPSA) is 88.4 Å². The number of hydrogen-bond donors (Lipinski definition) is 1. The van der Waals surface area contributed by atoms with Crippen molar-refractivity contribution < 1.29 is 9.53 Å². The Balaban J connectivity index is 1.33. The molecule has 3 heterocycles. The molecule has 202 valence electrons. The number of halogens is 1. The summed E-state index contributed by atoms with van der Waals surface area (Å²) in [5.41, 5.74) is 3.46. The number of ether oxygens (including phenoxy) is 1. The molecule has 0 saturated carbocycles. The van der Waals surface area contributed by atoms with Gasteiger partial charge in [0, 0.05) is 57.6 Å². The summed E-state index contributed by atoms with van der Waals surface area (Å²) >= 11 is 6.42. The molecule has 1 fully saturated rings. The first-order valence-electron chi connectivity index (χ1n) is 12.9. The van der Waals surface area contributed by atoms with Gasteiger partial charge in [0.15, 0.2) is 0 Å². The number of aromatic nitrogens is 4. The molecule has 2 aromatic heterocycles. The number of nitrogens with zero attached hydrogens (tertiary/aromatic N) is 6. The summed E-state index contributed by atoms with van der Waals surface area (Å²) < 4.78 is 7.02. The molecule has 1 atom stereocenters. The number of carbonyl (C=O) groups is 1. The van der Waals surface area contributed by atoms with Gasteiger partial charge in [-0.05, 0) is 30.2 Å². The number of imidazole rings is 1. The smallest absolute Gasteiger partial charge is 0.238 e. The van der Waals surface area contributed by atoms with E-state index in [0.717, 1.165) is 24.4 Å². The molecule has 0 radical (unpaired) electrons. The van der Waals surface area contributed by atoms with E-state index in [2.05, 4.69) is 56.3 Å². The fourth-order valence-electron chi connectivity index (χ4n) is 4.76. The molecule has 0 bridgehead atoms. The van der Waals surface area contributed by atoms with Gasteiger partial charge in [-0.1, -0.05) is 53.6 Å². The number of piperazine rings is 1. The van der Waals surface area contributed by atoms with Crippen molar-refractivity contribution in [3.63, 3.8) is 0 Å². The monoisotopic (exact) mass is 545 g/mol. The van der Waals surface area contributed by atoms with Gasteiger partial charge in [-0.2, -0.15) is 4.98 Å². The largest absolute Gasteiger partial charge is 0.497 e. The normalized spacial score (nSPS) is 15.8. The number of carbonyl (C=O) groups excluding carboxylic acids is 1. The van der Waals surface area contributed by atoms with Crippen LogP contribution in [-0.4, -0.2) is 63.1 Å². The summed E-state index contributed by atoms with van der Waals surface area (Å²) in [4.78, 5) is 30.9. The van der Waals surface area contributed by atoms with Crippen LogP contribution in [0.2, 0.25) is 5.15 Å². The molecule has 5 rings (SSSR count). The average molecular weight is 546 g/mol. The zero-order valence-electron chi connectivity index (χ0n) is 22.1. The summed E-state index contributed by atoms with van der Waals surface area (Å²) in [6.07, 6.45) is 5.41. The van der Waals surface area contributed by atoms with Gasteiger partial charge in [0.1, 0.15) is 23.0 Å². The summed E-state index contributed by atoms with van der Waals surface area (Å²) in [6, 6.07) is 18.0. The third-order valence-corrected chi connectivity index (χ3v) is 7.06. The Morgan fingerprint density at radius 3 is 2.56 bits per heavy atom. The standard InChI is InChI=1S/C29H32ClN7O2/c1-21-3-5-22(6-4-21)17-32-28(38)15-24-19-35(18-23-7-9-25(39-2)10-8-23)13-14-37(24)27-16-26(30)33-29(34-27)36-12-11-31-20-36/h3-12,16,20,24H,13-15,17-19H2,1-2H3,(H,32,38). The van der Waals surface area contributed by atoms with Crippen LogP contribution < -0.4 is 15.0 Å². The molecule has 2 aromatic carbocycles. The Labute approximate surface area is 233 Å². The number of nitrogens with one attached hydrogen (secondary N) is 1. The van der Waals surface area contributed by atoms with E-state index in [1.807, 2.05) is 24.3 Å². The number of aryl methyl sites for hydroxylation is 1. The molecule has 1 aliphatic rings. The number of methoxy groups -OCH3 is 1. The lowest BCUT2D eigenvalue weighted by molar-refractivity contribution is -0.121. The average Bonchev–Trinajstić information content (AvgIpc) is 3.48. The Bertz CT molecular complexity index is 1380. The van der Waals surface area contributed by atoms with Crippen LogP contribution in [0.5, 0.6) is 5.75 Å². The number of amides is 1. The molecular weight excluding hydrogens is 514 g/mol. The zero-order valence-corrected chi connectivity index (χ0v) is 22.9. The van der Waals surface area contributed by atoms with Gasteiger partial charge in [0.25, 0.3) is 0 Å². The highest BCUT2D eigenvalue weighted by atomic mass is 35.5. The van der Waals surface area contributed by atoms with Crippen molar-refractivity contribution in [1.29, 1.82) is 0 Å². The first kappa shape index (κ1) is 26.6. The molecule has 10 heteroatoms. The van der Waals surface area contributed by atoms with E-state index in [0.29, 0.717) is 43.0 Å². The van der Waals surface area contributed by atoms with Gasteiger partial charge < -0.3 is 15.0 Å². The van der Waals surface area contributed by atoms with E-state index in [1.165, 1.54) is 11.1 Å². The first-order chi connectivity index (χ1) is 19.0. The number of rotatable bonds is 9. The van der Waals surface area contributed by atoms with Crippen molar-refractivity contribution in [1.82, 2.24) is 29.7 Å². The summed E-state index contributed by atoms with van der Waals surface area (Å²) in [5.74, 6) is 1.96. The molecule has 9 nitrogen and oxygen atoms in total. The van der Waals surface area contributed by atoms with Crippen molar-refractivity contribution in [2.45, 2.75) is 32.5 Å². The third-order valence-electron chi connectivity index (χ3n) is 6.86. The van der Waals surface area contributed by atoms with Gasteiger partial charge >= 0.3 is 0 Å². The molecule has 1 saturated heterocycles. The highest BCUT2D eigenvalue weighted by Crippen LogP contribution is 2.25. The highest BCUT2D eigenvalue weighted by Gasteiger charge is 2.30. The second-order valence-electron chi connectivity index (χ2n) is 9.72. The fourth-order valence-corrected chi connectivity index (χ4v) is 4.93. The molecule has 0 spiro atoms. The van der Waals surface area contributed by atoms with Gasteiger partial charge in [-0.15, -0.1) is 0 Å². The van der Waals surface area contributed by atoms with E-state index >= 15 is 0 Å². The lowest BCUT2D eigenvalue weighted by Gasteiger charge is -2.42. The van der Waals surface area contributed by atoms with Crippen LogP contribution >= 0.6 is 11.6 Å². The minimum atomic E-state index is -0.100. The predicted octanol–water partition coefficient (Wildman–Crippen LogP) is 4.03. The number of anilines is 1. The highest BCUT2D eigenvalue weighted by molar-refractivity contribution is 6.29. The van der Waals surface area contributed by atoms with Gasteiger partial charge in [-0.3, -0.25) is 14.3 Å². The third kappa shape index (κ3) is 6.93. The maximum atomic E-state index is 13.1. The van der Waals surface area contributed by atoms with Crippen molar-refractivity contribution in [3.05, 3.63) is 95.2 Å². The van der Waals surface area contributed by atoms with Crippen LogP contribution in [-0.2, 0) is 17.9 Å². The molecule has 0 aliphatic carbocycles. The van der Waals surface area contributed by atoms with Crippen LogP contribution in [0.1, 0.15) is 23.1 Å².